The van der Waals surface area contributed by atoms with Crippen molar-refractivity contribution in [3.05, 3.63) is 83.7 Å². The molecule has 0 radical (unpaired) electrons. The first kappa shape index (κ1) is 24.7. The second-order valence-corrected chi connectivity index (χ2v) is 9.74. The Morgan fingerprint density at radius 2 is 1.73 bits per heavy atom. The monoisotopic (exact) mass is 503 g/mol. The number of rotatable bonds is 6. The van der Waals surface area contributed by atoms with Crippen LogP contribution in [0.25, 0.3) is 10.8 Å². The molecule has 192 valence electrons. The Balaban J connectivity index is 1.34. The van der Waals surface area contributed by atoms with Gasteiger partial charge in [0.15, 0.2) is 0 Å². The van der Waals surface area contributed by atoms with E-state index in [0.29, 0.717) is 13.1 Å². The Labute approximate surface area is 215 Å². The summed E-state index contributed by atoms with van der Waals surface area (Å²) in [4.78, 5) is 42.5. The van der Waals surface area contributed by atoms with E-state index in [1.807, 2.05) is 56.3 Å². The number of carbonyl (C=O) groups excluding carboxylic acids is 3. The molecule has 0 unspecified atom stereocenters. The van der Waals surface area contributed by atoms with Crippen LogP contribution >= 0.6 is 0 Å². The second kappa shape index (κ2) is 10.2. The van der Waals surface area contributed by atoms with Gasteiger partial charge >= 0.3 is 6.03 Å². The van der Waals surface area contributed by atoms with Crippen LogP contribution in [0.1, 0.15) is 25.0 Å². The van der Waals surface area contributed by atoms with Gasteiger partial charge in [0.2, 0.25) is 11.8 Å². The molecule has 5 rings (SSSR count). The smallest absolute Gasteiger partial charge is 0.332 e. The zero-order chi connectivity index (χ0) is 26.1. The molecular formula is C28H30FN5O3. The largest absolute Gasteiger partial charge is 0.333 e. The van der Waals surface area contributed by atoms with E-state index >= 15 is 0 Å². The molecule has 2 aliphatic rings. The maximum atomic E-state index is 13.3. The number of urea groups is 1. The Bertz CT molecular complexity index is 1320. The van der Waals surface area contributed by atoms with Gasteiger partial charge in [-0.2, -0.15) is 5.01 Å². The van der Waals surface area contributed by atoms with Gasteiger partial charge in [-0.05, 0) is 47.9 Å². The Morgan fingerprint density at radius 1 is 1.00 bits per heavy atom. The fraction of sp³-hybridized carbons (Fsp3) is 0.321. The van der Waals surface area contributed by atoms with Gasteiger partial charge in [0.25, 0.3) is 0 Å². The fourth-order valence-electron chi connectivity index (χ4n) is 5.11. The van der Waals surface area contributed by atoms with E-state index < -0.39 is 6.17 Å². The van der Waals surface area contributed by atoms with Crippen LogP contribution in [0.4, 0.5) is 9.18 Å². The second-order valence-electron chi connectivity index (χ2n) is 9.74. The van der Waals surface area contributed by atoms with E-state index in [1.54, 1.807) is 32.0 Å². The number of nitrogens with one attached hydrogen (secondary N) is 1. The lowest BCUT2D eigenvalue weighted by atomic mass is 10.0. The van der Waals surface area contributed by atoms with Crippen LogP contribution in [0.2, 0.25) is 0 Å². The third-order valence-corrected chi connectivity index (χ3v) is 6.94. The first-order chi connectivity index (χ1) is 17.8. The number of halogens is 1. The summed E-state index contributed by atoms with van der Waals surface area (Å²) < 4.78 is 13.2. The quantitative estimate of drug-likeness (QED) is 0.560. The number of nitrogens with zero attached hydrogens (tertiary/aromatic N) is 4. The molecule has 2 aliphatic heterocycles. The number of benzene rings is 3. The highest BCUT2D eigenvalue weighted by atomic mass is 19.1. The van der Waals surface area contributed by atoms with E-state index in [2.05, 4.69) is 5.32 Å². The number of hydrazine groups is 1. The molecule has 3 aromatic carbocycles. The van der Waals surface area contributed by atoms with Crippen molar-refractivity contribution in [3.8, 4) is 0 Å². The average molecular weight is 504 g/mol. The number of amides is 4. The highest BCUT2D eigenvalue weighted by Gasteiger charge is 2.47. The molecule has 2 fully saturated rings. The van der Waals surface area contributed by atoms with Gasteiger partial charge in [0.05, 0.1) is 13.1 Å². The fourth-order valence-corrected chi connectivity index (χ4v) is 5.11. The molecule has 0 bridgehead atoms. The summed E-state index contributed by atoms with van der Waals surface area (Å²) in [5.74, 6) is -0.633. The Morgan fingerprint density at radius 3 is 2.49 bits per heavy atom. The molecule has 1 atom stereocenters. The van der Waals surface area contributed by atoms with Crippen molar-refractivity contribution in [2.24, 2.45) is 0 Å². The molecular weight excluding hydrogens is 473 g/mol. The average Bonchev–Trinajstić information content (AvgIpc) is 3.18. The SMILES string of the molecule is CC(C)N(C(=O)NCc1ccc(F)cc1)N1CC(=O)N2CC(=O)N(Cc3cccc4ccccc34)C[C@@H]21. The van der Waals surface area contributed by atoms with E-state index in [0.717, 1.165) is 21.9 Å². The number of piperazine rings is 1. The van der Waals surface area contributed by atoms with Crippen LogP contribution in [-0.4, -0.2) is 69.5 Å². The van der Waals surface area contributed by atoms with Gasteiger partial charge < -0.3 is 15.1 Å². The molecule has 8 nitrogen and oxygen atoms in total. The summed E-state index contributed by atoms with van der Waals surface area (Å²) in [7, 11) is 0. The van der Waals surface area contributed by atoms with Crippen molar-refractivity contribution >= 4 is 28.6 Å². The normalized spacial score (nSPS) is 18.0. The van der Waals surface area contributed by atoms with Gasteiger partial charge in [-0.15, -0.1) is 0 Å². The highest BCUT2D eigenvalue weighted by Crippen LogP contribution is 2.27. The standard InChI is InChI=1S/C28H30FN5O3/c1-19(2)34(28(37)30-14-20-10-12-23(29)13-11-20)33-18-27(36)32-17-26(35)31(16-25(32)33)15-22-8-5-7-21-6-3-4-9-24(21)22/h3-13,19,25H,14-18H2,1-2H3,(H,30,37)/t25-/m0/s1. The lowest BCUT2D eigenvalue weighted by Crippen LogP contribution is -2.63. The predicted octanol–water partition coefficient (Wildman–Crippen LogP) is 3.33. The summed E-state index contributed by atoms with van der Waals surface area (Å²) in [6.07, 6.45) is -0.445. The van der Waals surface area contributed by atoms with Crippen molar-refractivity contribution in [1.82, 2.24) is 25.1 Å². The van der Waals surface area contributed by atoms with Crippen LogP contribution < -0.4 is 5.32 Å². The number of hydrogen-bond donors (Lipinski definition) is 1. The number of hydrogen-bond acceptors (Lipinski definition) is 4. The maximum absolute atomic E-state index is 13.3. The molecule has 37 heavy (non-hydrogen) atoms. The minimum absolute atomic E-state index is 0.0161. The van der Waals surface area contributed by atoms with Crippen molar-refractivity contribution < 1.29 is 18.8 Å². The molecule has 2 heterocycles. The minimum atomic E-state index is -0.445. The Kier molecular flexibility index (Phi) is 6.80. The molecule has 4 amide bonds. The number of carbonyl (C=O) groups is 3. The molecule has 9 heteroatoms. The first-order valence-corrected chi connectivity index (χ1v) is 12.4. The van der Waals surface area contributed by atoms with Crippen molar-refractivity contribution in [2.75, 3.05) is 19.6 Å². The summed E-state index contributed by atoms with van der Waals surface area (Å²) in [6, 6.07) is 19.4. The third kappa shape index (κ3) is 4.99. The van der Waals surface area contributed by atoms with Gasteiger partial charge in [0.1, 0.15) is 18.5 Å². The molecule has 0 saturated carbocycles. The van der Waals surface area contributed by atoms with Gasteiger partial charge in [-0.3, -0.25) is 14.6 Å². The topological polar surface area (TPSA) is 76.2 Å². The molecule has 3 aromatic rings. The van der Waals surface area contributed by atoms with Crippen LogP contribution in [0, 0.1) is 5.82 Å². The summed E-state index contributed by atoms with van der Waals surface area (Å²) >= 11 is 0. The number of fused-ring (bicyclic) bond motifs is 2. The molecule has 2 saturated heterocycles. The van der Waals surface area contributed by atoms with Crippen molar-refractivity contribution in [3.63, 3.8) is 0 Å². The molecule has 0 aliphatic carbocycles. The van der Waals surface area contributed by atoms with E-state index in [9.17, 15) is 18.8 Å². The van der Waals surface area contributed by atoms with Crippen LogP contribution in [0.15, 0.2) is 66.7 Å². The zero-order valence-electron chi connectivity index (χ0n) is 20.9. The van der Waals surface area contributed by atoms with Crippen LogP contribution in [-0.2, 0) is 22.7 Å². The Hall–Kier alpha value is -3.98. The molecule has 0 spiro atoms. The van der Waals surface area contributed by atoms with E-state index in [4.69, 9.17) is 0 Å². The van der Waals surface area contributed by atoms with Gasteiger partial charge in [-0.1, -0.05) is 54.6 Å². The summed E-state index contributed by atoms with van der Waals surface area (Å²) in [5.41, 5.74) is 1.80. The summed E-state index contributed by atoms with van der Waals surface area (Å²) in [6.45, 7) is 4.70. The lowest BCUT2D eigenvalue weighted by molar-refractivity contribution is -0.150. The first-order valence-electron chi connectivity index (χ1n) is 12.4. The minimum Gasteiger partial charge on any atom is -0.333 e. The van der Waals surface area contributed by atoms with Crippen LogP contribution in [0.5, 0.6) is 0 Å². The maximum Gasteiger partial charge on any atom is 0.332 e. The molecule has 1 N–H and O–H groups in total. The zero-order valence-corrected chi connectivity index (χ0v) is 20.9. The van der Waals surface area contributed by atoms with Gasteiger partial charge in [0, 0.05) is 19.1 Å². The van der Waals surface area contributed by atoms with E-state index in [1.165, 1.54) is 12.1 Å². The lowest BCUT2D eigenvalue weighted by Gasteiger charge is -2.44. The highest BCUT2D eigenvalue weighted by molar-refractivity contribution is 5.90. The predicted molar refractivity (Wildman–Crippen MR) is 137 cm³/mol. The van der Waals surface area contributed by atoms with E-state index in [-0.39, 0.29) is 49.3 Å². The van der Waals surface area contributed by atoms with Gasteiger partial charge in [-0.25, -0.2) is 9.18 Å². The van der Waals surface area contributed by atoms with Crippen molar-refractivity contribution in [1.29, 1.82) is 0 Å². The molecule has 0 aromatic heterocycles. The third-order valence-electron chi connectivity index (χ3n) is 6.94. The summed E-state index contributed by atoms with van der Waals surface area (Å²) in [5, 5.41) is 8.38. The van der Waals surface area contributed by atoms with Crippen LogP contribution in [0.3, 0.4) is 0 Å². The van der Waals surface area contributed by atoms with Crippen molar-refractivity contribution in [2.45, 2.75) is 39.1 Å².